The van der Waals surface area contributed by atoms with Gasteiger partial charge in [0, 0.05) is 23.5 Å². The number of aliphatic hydroxyl groups is 1. The quantitative estimate of drug-likeness (QED) is 0.886. The van der Waals surface area contributed by atoms with E-state index >= 15 is 0 Å². The van der Waals surface area contributed by atoms with Gasteiger partial charge in [-0.25, -0.2) is 8.78 Å². The highest BCUT2D eigenvalue weighted by Crippen LogP contribution is 2.21. The number of nitrogens with one attached hydrogen (secondary N) is 1. The van der Waals surface area contributed by atoms with Gasteiger partial charge in [-0.3, -0.25) is 0 Å². The SMILES string of the molecule is OC(CNCc1ccc(Cl)s1)c1cc(F)ccc1F. The molecule has 0 bridgehead atoms. The number of rotatable bonds is 5. The summed E-state index contributed by atoms with van der Waals surface area (Å²) < 4.78 is 27.1. The topological polar surface area (TPSA) is 32.3 Å². The number of hydrogen-bond acceptors (Lipinski definition) is 3. The van der Waals surface area contributed by atoms with Crippen molar-refractivity contribution in [2.75, 3.05) is 6.54 Å². The largest absolute Gasteiger partial charge is 0.387 e. The van der Waals surface area contributed by atoms with Crippen molar-refractivity contribution in [1.82, 2.24) is 5.32 Å². The van der Waals surface area contributed by atoms with Gasteiger partial charge in [-0.2, -0.15) is 0 Å². The van der Waals surface area contributed by atoms with Crippen LogP contribution in [0, 0.1) is 11.6 Å². The normalized spacial score (nSPS) is 12.6. The molecule has 102 valence electrons. The minimum Gasteiger partial charge on any atom is -0.387 e. The fraction of sp³-hybridized carbons (Fsp3) is 0.231. The predicted octanol–water partition coefficient (Wildman–Crippen LogP) is 3.50. The predicted molar refractivity (Wildman–Crippen MR) is 72.4 cm³/mol. The molecule has 19 heavy (non-hydrogen) atoms. The molecule has 6 heteroatoms. The molecule has 0 radical (unpaired) electrons. The van der Waals surface area contributed by atoms with Crippen molar-refractivity contribution in [2.45, 2.75) is 12.6 Å². The molecule has 2 rings (SSSR count). The average Bonchev–Trinajstić information content (AvgIpc) is 2.78. The lowest BCUT2D eigenvalue weighted by molar-refractivity contribution is 0.169. The Hall–Kier alpha value is -1.01. The van der Waals surface area contributed by atoms with Gasteiger partial charge in [0.25, 0.3) is 0 Å². The second-order valence-electron chi connectivity index (χ2n) is 4.02. The van der Waals surface area contributed by atoms with E-state index in [2.05, 4.69) is 5.32 Å². The first-order chi connectivity index (χ1) is 9.06. The average molecular weight is 304 g/mol. The van der Waals surface area contributed by atoms with Gasteiger partial charge in [-0.1, -0.05) is 11.6 Å². The van der Waals surface area contributed by atoms with E-state index in [0.29, 0.717) is 10.9 Å². The lowest BCUT2D eigenvalue weighted by Crippen LogP contribution is -2.21. The van der Waals surface area contributed by atoms with E-state index in [-0.39, 0.29) is 12.1 Å². The zero-order valence-corrected chi connectivity index (χ0v) is 11.4. The van der Waals surface area contributed by atoms with Gasteiger partial charge in [0.05, 0.1) is 10.4 Å². The fourth-order valence-electron chi connectivity index (χ4n) is 1.66. The van der Waals surface area contributed by atoms with E-state index in [0.717, 1.165) is 23.1 Å². The molecule has 0 saturated heterocycles. The van der Waals surface area contributed by atoms with Gasteiger partial charge < -0.3 is 10.4 Å². The number of aliphatic hydroxyl groups excluding tert-OH is 1. The van der Waals surface area contributed by atoms with Crippen LogP contribution in [0.5, 0.6) is 0 Å². The summed E-state index contributed by atoms with van der Waals surface area (Å²) >= 11 is 7.21. The Bertz CT molecular complexity index is 561. The van der Waals surface area contributed by atoms with Crippen LogP contribution in [0.3, 0.4) is 0 Å². The lowest BCUT2D eigenvalue weighted by Gasteiger charge is -2.12. The monoisotopic (exact) mass is 303 g/mol. The van der Waals surface area contributed by atoms with Gasteiger partial charge in [0.2, 0.25) is 0 Å². The molecule has 2 N–H and O–H groups in total. The molecule has 0 aliphatic carbocycles. The summed E-state index contributed by atoms with van der Waals surface area (Å²) in [5.41, 5.74) is -0.0447. The molecule has 0 saturated carbocycles. The molecule has 2 aromatic rings. The summed E-state index contributed by atoms with van der Waals surface area (Å²) in [6.45, 7) is 0.654. The molecule has 1 aromatic carbocycles. The summed E-state index contributed by atoms with van der Waals surface area (Å²) in [5.74, 6) is -1.18. The molecule has 0 spiro atoms. The Balaban J connectivity index is 1.90. The molecular formula is C13H12ClF2NOS. The molecule has 0 fully saturated rings. The van der Waals surface area contributed by atoms with Crippen LogP contribution < -0.4 is 5.32 Å². The van der Waals surface area contributed by atoms with E-state index in [9.17, 15) is 13.9 Å². The summed E-state index contributed by atoms with van der Waals surface area (Å²) in [5, 5.41) is 12.8. The third-order valence-electron chi connectivity index (χ3n) is 2.58. The number of benzene rings is 1. The standard InChI is InChI=1S/C13H12ClF2NOS/c14-13-4-2-9(19-13)6-17-7-12(18)10-5-8(15)1-3-11(10)16/h1-5,12,17-18H,6-7H2. The zero-order valence-electron chi connectivity index (χ0n) is 9.87. The Kier molecular flexibility index (Phi) is 4.87. The maximum atomic E-state index is 13.4. The molecule has 0 amide bonds. The van der Waals surface area contributed by atoms with Crippen molar-refractivity contribution < 1.29 is 13.9 Å². The van der Waals surface area contributed by atoms with Crippen molar-refractivity contribution in [1.29, 1.82) is 0 Å². The van der Waals surface area contributed by atoms with Crippen molar-refractivity contribution in [2.24, 2.45) is 0 Å². The molecule has 0 aliphatic rings. The number of hydrogen-bond donors (Lipinski definition) is 2. The van der Waals surface area contributed by atoms with Crippen LogP contribution in [-0.2, 0) is 6.54 Å². The highest BCUT2D eigenvalue weighted by molar-refractivity contribution is 7.16. The lowest BCUT2D eigenvalue weighted by atomic mass is 10.1. The summed E-state index contributed by atoms with van der Waals surface area (Å²) in [6.07, 6.45) is -1.09. The third kappa shape index (κ3) is 3.98. The Morgan fingerprint density at radius 2 is 2.05 bits per heavy atom. The van der Waals surface area contributed by atoms with E-state index in [1.54, 1.807) is 6.07 Å². The van der Waals surface area contributed by atoms with Crippen LogP contribution in [0.4, 0.5) is 8.78 Å². The molecular weight excluding hydrogens is 292 g/mol. The summed E-state index contributed by atoms with van der Waals surface area (Å²) in [6, 6.07) is 6.68. The van der Waals surface area contributed by atoms with Crippen molar-refractivity contribution in [3.05, 3.63) is 56.7 Å². The summed E-state index contributed by atoms with van der Waals surface area (Å²) in [7, 11) is 0. The number of halogens is 3. The van der Waals surface area contributed by atoms with Crippen molar-refractivity contribution in [3.8, 4) is 0 Å². The Labute approximate surface area is 118 Å². The maximum Gasteiger partial charge on any atom is 0.129 e. The van der Waals surface area contributed by atoms with Crippen LogP contribution in [0.25, 0.3) is 0 Å². The Morgan fingerprint density at radius 1 is 1.26 bits per heavy atom. The summed E-state index contributed by atoms with van der Waals surface area (Å²) in [4.78, 5) is 1.01. The minimum absolute atomic E-state index is 0.0447. The molecule has 1 aromatic heterocycles. The third-order valence-corrected chi connectivity index (χ3v) is 3.81. The van der Waals surface area contributed by atoms with E-state index in [1.165, 1.54) is 11.3 Å². The minimum atomic E-state index is -1.09. The molecule has 2 nitrogen and oxygen atoms in total. The first kappa shape index (κ1) is 14.4. The molecule has 1 unspecified atom stereocenters. The number of thiophene rings is 1. The highest BCUT2D eigenvalue weighted by Gasteiger charge is 2.13. The van der Waals surface area contributed by atoms with Crippen molar-refractivity contribution in [3.63, 3.8) is 0 Å². The van der Waals surface area contributed by atoms with Crippen LogP contribution >= 0.6 is 22.9 Å². The van der Waals surface area contributed by atoms with Crippen LogP contribution in [0.2, 0.25) is 4.34 Å². The zero-order chi connectivity index (χ0) is 13.8. The van der Waals surface area contributed by atoms with Gasteiger partial charge >= 0.3 is 0 Å². The van der Waals surface area contributed by atoms with E-state index in [4.69, 9.17) is 11.6 Å². The smallest absolute Gasteiger partial charge is 0.129 e. The first-order valence-electron chi connectivity index (χ1n) is 5.64. The van der Waals surface area contributed by atoms with Gasteiger partial charge in [0.1, 0.15) is 11.6 Å². The van der Waals surface area contributed by atoms with Gasteiger partial charge in [-0.05, 0) is 30.3 Å². The van der Waals surface area contributed by atoms with E-state index < -0.39 is 17.7 Å². The first-order valence-corrected chi connectivity index (χ1v) is 6.83. The molecule has 1 heterocycles. The second kappa shape index (κ2) is 6.43. The van der Waals surface area contributed by atoms with Crippen LogP contribution in [0.1, 0.15) is 16.5 Å². The van der Waals surface area contributed by atoms with E-state index in [1.807, 2.05) is 6.07 Å². The maximum absolute atomic E-state index is 13.4. The van der Waals surface area contributed by atoms with Gasteiger partial charge in [-0.15, -0.1) is 11.3 Å². The van der Waals surface area contributed by atoms with Crippen LogP contribution in [0.15, 0.2) is 30.3 Å². The highest BCUT2D eigenvalue weighted by atomic mass is 35.5. The Morgan fingerprint density at radius 3 is 2.74 bits per heavy atom. The van der Waals surface area contributed by atoms with Gasteiger partial charge in [0.15, 0.2) is 0 Å². The van der Waals surface area contributed by atoms with Crippen LogP contribution in [-0.4, -0.2) is 11.7 Å². The van der Waals surface area contributed by atoms with Crippen molar-refractivity contribution >= 4 is 22.9 Å². The fourth-order valence-corrected chi connectivity index (χ4v) is 2.72. The second-order valence-corrected chi connectivity index (χ2v) is 5.82. The molecule has 0 aliphatic heterocycles. The molecule has 1 atom stereocenters.